The van der Waals surface area contributed by atoms with E-state index in [0.29, 0.717) is 23.5 Å². The average molecular weight is 399 g/mol. The smallest absolute Gasteiger partial charge is 0.161 e. The van der Waals surface area contributed by atoms with Crippen LogP contribution in [0.3, 0.4) is 0 Å². The van der Waals surface area contributed by atoms with Crippen LogP contribution < -0.4 is 5.32 Å². The SMILES string of the molecule is Cn1nccc1Nc1cc(-c2ccn3c(Cc4ccccc4F)nnc3c2)ccn1. The van der Waals surface area contributed by atoms with E-state index in [-0.39, 0.29) is 5.82 Å². The Morgan fingerprint density at radius 3 is 2.67 bits per heavy atom. The summed E-state index contributed by atoms with van der Waals surface area (Å²) in [6, 6.07) is 16.5. The second kappa shape index (κ2) is 7.40. The van der Waals surface area contributed by atoms with Gasteiger partial charge < -0.3 is 5.32 Å². The predicted octanol–water partition coefficient (Wildman–Crippen LogP) is 4.00. The zero-order chi connectivity index (χ0) is 20.5. The van der Waals surface area contributed by atoms with Crippen LogP contribution in [0.4, 0.5) is 16.0 Å². The Morgan fingerprint density at radius 1 is 0.967 bits per heavy atom. The van der Waals surface area contributed by atoms with Crippen LogP contribution in [0.15, 0.2) is 73.2 Å². The van der Waals surface area contributed by atoms with Crippen LogP contribution in [-0.4, -0.2) is 29.4 Å². The van der Waals surface area contributed by atoms with Gasteiger partial charge in [-0.15, -0.1) is 10.2 Å². The predicted molar refractivity (Wildman–Crippen MR) is 112 cm³/mol. The van der Waals surface area contributed by atoms with Gasteiger partial charge in [0.1, 0.15) is 23.3 Å². The lowest BCUT2D eigenvalue weighted by Gasteiger charge is -2.08. The molecule has 5 rings (SSSR count). The lowest BCUT2D eigenvalue weighted by molar-refractivity contribution is 0.611. The van der Waals surface area contributed by atoms with Crippen LogP contribution in [-0.2, 0) is 13.5 Å². The van der Waals surface area contributed by atoms with Crippen molar-refractivity contribution in [1.29, 1.82) is 0 Å². The van der Waals surface area contributed by atoms with Gasteiger partial charge in [0.25, 0.3) is 0 Å². The Bertz CT molecular complexity index is 1340. The Kier molecular flexibility index (Phi) is 4.44. The zero-order valence-corrected chi connectivity index (χ0v) is 16.2. The minimum atomic E-state index is -0.240. The summed E-state index contributed by atoms with van der Waals surface area (Å²) in [6.07, 6.45) is 5.77. The molecular formula is C22H18FN7. The van der Waals surface area contributed by atoms with Gasteiger partial charge in [-0.2, -0.15) is 5.10 Å². The van der Waals surface area contributed by atoms with Gasteiger partial charge in [0.05, 0.1) is 6.20 Å². The Hall–Kier alpha value is -4.07. The summed E-state index contributed by atoms with van der Waals surface area (Å²) in [6.45, 7) is 0. The number of anilines is 2. The summed E-state index contributed by atoms with van der Waals surface area (Å²) >= 11 is 0. The van der Waals surface area contributed by atoms with Crippen LogP contribution >= 0.6 is 0 Å². The molecule has 0 aliphatic heterocycles. The molecule has 0 aliphatic carbocycles. The third-order valence-electron chi connectivity index (χ3n) is 4.96. The second-order valence-electron chi connectivity index (χ2n) is 6.92. The van der Waals surface area contributed by atoms with E-state index in [1.807, 2.05) is 54.0 Å². The summed E-state index contributed by atoms with van der Waals surface area (Å²) in [5, 5.41) is 15.9. The van der Waals surface area contributed by atoms with Crippen molar-refractivity contribution in [3.05, 3.63) is 90.4 Å². The highest BCUT2D eigenvalue weighted by Gasteiger charge is 2.11. The van der Waals surface area contributed by atoms with E-state index in [9.17, 15) is 4.39 Å². The van der Waals surface area contributed by atoms with E-state index < -0.39 is 0 Å². The molecule has 148 valence electrons. The molecule has 1 N–H and O–H groups in total. The molecule has 0 amide bonds. The number of fused-ring (bicyclic) bond motifs is 1. The van der Waals surface area contributed by atoms with Crippen molar-refractivity contribution < 1.29 is 4.39 Å². The third kappa shape index (κ3) is 3.39. The molecule has 4 heterocycles. The van der Waals surface area contributed by atoms with Crippen molar-refractivity contribution in [2.45, 2.75) is 6.42 Å². The highest BCUT2D eigenvalue weighted by Crippen LogP contribution is 2.24. The summed E-state index contributed by atoms with van der Waals surface area (Å²) < 4.78 is 17.6. The fourth-order valence-corrected chi connectivity index (χ4v) is 3.36. The first-order valence-electron chi connectivity index (χ1n) is 9.46. The molecule has 7 nitrogen and oxygen atoms in total. The first-order valence-corrected chi connectivity index (χ1v) is 9.46. The number of nitrogens with one attached hydrogen (secondary N) is 1. The van der Waals surface area contributed by atoms with E-state index in [2.05, 4.69) is 25.6 Å². The average Bonchev–Trinajstić information content (AvgIpc) is 3.35. The lowest BCUT2D eigenvalue weighted by Crippen LogP contribution is -2.00. The lowest BCUT2D eigenvalue weighted by atomic mass is 10.1. The number of nitrogens with zero attached hydrogens (tertiary/aromatic N) is 6. The number of aryl methyl sites for hydroxylation is 1. The Labute approximate surface area is 171 Å². The quantitative estimate of drug-likeness (QED) is 0.484. The molecule has 5 aromatic rings. The summed E-state index contributed by atoms with van der Waals surface area (Å²) in [7, 11) is 1.87. The number of hydrogen-bond acceptors (Lipinski definition) is 5. The van der Waals surface area contributed by atoms with E-state index in [4.69, 9.17) is 0 Å². The van der Waals surface area contributed by atoms with Gasteiger partial charge in [0.15, 0.2) is 5.65 Å². The van der Waals surface area contributed by atoms with E-state index in [1.165, 1.54) is 6.07 Å². The topological polar surface area (TPSA) is 72.9 Å². The van der Waals surface area contributed by atoms with Crippen LogP contribution in [0.2, 0.25) is 0 Å². The van der Waals surface area contributed by atoms with Crippen molar-refractivity contribution in [3.63, 3.8) is 0 Å². The van der Waals surface area contributed by atoms with Crippen LogP contribution in [0.1, 0.15) is 11.4 Å². The number of aromatic nitrogens is 6. The van der Waals surface area contributed by atoms with Crippen molar-refractivity contribution in [2.24, 2.45) is 7.05 Å². The molecule has 0 spiro atoms. The number of hydrogen-bond donors (Lipinski definition) is 1. The third-order valence-corrected chi connectivity index (χ3v) is 4.96. The summed E-state index contributed by atoms with van der Waals surface area (Å²) in [5.74, 6) is 2.02. The molecule has 0 radical (unpaired) electrons. The van der Waals surface area contributed by atoms with Gasteiger partial charge in [-0.3, -0.25) is 9.08 Å². The van der Waals surface area contributed by atoms with Crippen molar-refractivity contribution >= 4 is 17.3 Å². The molecule has 1 aromatic carbocycles. The van der Waals surface area contributed by atoms with Crippen LogP contribution in [0.5, 0.6) is 0 Å². The largest absolute Gasteiger partial charge is 0.325 e. The van der Waals surface area contributed by atoms with Gasteiger partial charge in [0.2, 0.25) is 0 Å². The molecular weight excluding hydrogens is 381 g/mol. The standard InChI is InChI=1S/C22H18FN7/c1-29-20(7-10-25-29)26-19-12-15(6-9-24-19)16-8-11-30-21(13-16)27-28-22(30)14-17-4-2-3-5-18(17)23/h2-13H,14H2,1H3,(H,24,26). The van der Waals surface area contributed by atoms with E-state index >= 15 is 0 Å². The normalized spacial score (nSPS) is 11.1. The van der Waals surface area contributed by atoms with Crippen molar-refractivity contribution in [1.82, 2.24) is 29.4 Å². The Morgan fingerprint density at radius 2 is 1.83 bits per heavy atom. The van der Waals surface area contributed by atoms with Gasteiger partial charge in [0, 0.05) is 31.9 Å². The summed E-state index contributed by atoms with van der Waals surface area (Å²) in [4.78, 5) is 4.38. The minimum absolute atomic E-state index is 0.240. The molecule has 0 saturated heterocycles. The minimum Gasteiger partial charge on any atom is -0.325 e. The monoisotopic (exact) mass is 399 g/mol. The Balaban J connectivity index is 1.44. The number of rotatable bonds is 5. The van der Waals surface area contributed by atoms with Crippen molar-refractivity contribution in [2.75, 3.05) is 5.32 Å². The molecule has 0 bridgehead atoms. The highest BCUT2D eigenvalue weighted by molar-refractivity contribution is 5.70. The van der Waals surface area contributed by atoms with Crippen LogP contribution in [0.25, 0.3) is 16.8 Å². The molecule has 0 fully saturated rings. The van der Waals surface area contributed by atoms with E-state index in [1.54, 1.807) is 29.2 Å². The molecule has 0 unspecified atom stereocenters. The van der Waals surface area contributed by atoms with E-state index in [0.717, 1.165) is 22.8 Å². The number of benzene rings is 1. The first kappa shape index (κ1) is 18.0. The van der Waals surface area contributed by atoms with Gasteiger partial charge in [-0.1, -0.05) is 18.2 Å². The molecule has 8 heteroatoms. The van der Waals surface area contributed by atoms with Gasteiger partial charge >= 0.3 is 0 Å². The second-order valence-corrected chi connectivity index (χ2v) is 6.92. The summed E-state index contributed by atoms with van der Waals surface area (Å²) in [5.41, 5.74) is 3.28. The van der Waals surface area contributed by atoms with Crippen molar-refractivity contribution in [3.8, 4) is 11.1 Å². The maximum Gasteiger partial charge on any atom is 0.161 e. The zero-order valence-electron chi connectivity index (χ0n) is 16.2. The molecule has 0 aliphatic rings. The highest BCUT2D eigenvalue weighted by atomic mass is 19.1. The first-order chi connectivity index (χ1) is 14.7. The number of pyridine rings is 2. The van der Waals surface area contributed by atoms with Gasteiger partial charge in [-0.25, -0.2) is 9.37 Å². The fraction of sp³-hybridized carbons (Fsp3) is 0.0909. The fourth-order valence-electron chi connectivity index (χ4n) is 3.36. The molecule has 0 saturated carbocycles. The molecule has 30 heavy (non-hydrogen) atoms. The van der Waals surface area contributed by atoms with Crippen LogP contribution in [0, 0.1) is 5.82 Å². The van der Waals surface area contributed by atoms with Gasteiger partial charge in [-0.05, 0) is 47.0 Å². The number of halogens is 1. The molecule has 0 atom stereocenters. The maximum absolute atomic E-state index is 14.0. The maximum atomic E-state index is 14.0. The molecule has 4 aromatic heterocycles.